The van der Waals surface area contributed by atoms with E-state index in [0.29, 0.717) is 12.3 Å². The number of aliphatic hydroxyl groups excluding tert-OH is 1. The van der Waals surface area contributed by atoms with Crippen molar-refractivity contribution in [3.05, 3.63) is 23.5 Å². The quantitative estimate of drug-likeness (QED) is 0.698. The fraction of sp³-hybridized carbons (Fsp3) is 0.708. The van der Waals surface area contributed by atoms with Crippen LogP contribution in [0.2, 0.25) is 0 Å². The summed E-state index contributed by atoms with van der Waals surface area (Å²) in [5.41, 5.74) is -0.925. The van der Waals surface area contributed by atoms with Crippen molar-refractivity contribution >= 4 is 17.5 Å². The molecule has 0 aromatic carbocycles. The zero-order valence-corrected chi connectivity index (χ0v) is 18.1. The molecule has 0 heterocycles. The first-order valence-electron chi connectivity index (χ1n) is 10.8. The molecule has 158 valence electrons. The van der Waals surface area contributed by atoms with Gasteiger partial charge in [-0.1, -0.05) is 13.8 Å². The second kappa shape index (κ2) is 6.29. The molecule has 0 radical (unpaired) electrons. The van der Waals surface area contributed by atoms with Gasteiger partial charge in [-0.25, -0.2) is 0 Å². The van der Waals surface area contributed by atoms with Crippen LogP contribution in [-0.2, 0) is 19.1 Å². The third-order valence-electron chi connectivity index (χ3n) is 9.05. The average Bonchev–Trinajstić information content (AvgIpc) is 2.91. The summed E-state index contributed by atoms with van der Waals surface area (Å²) in [6.45, 7) is 9.28. The highest BCUT2D eigenvalue weighted by Gasteiger charge is 2.68. The first kappa shape index (κ1) is 20.4. The van der Waals surface area contributed by atoms with Crippen molar-refractivity contribution in [2.75, 3.05) is 0 Å². The van der Waals surface area contributed by atoms with Gasteiger partial charge in [-0.3, -0.25) is 14.4 Å². The Balaban J connectivity index is 1.77. The largest absolute Gasteiger partial charge is 0.511 e. The zero-order valence-electron chi connectivity index (χ0n) is 18.1. The first-order valence-corrected chi connectivity index (χ1v) is 10.8. The lowest BCUT2D eigenvalue weighted by Gasteiger charge is -2.59. The predicted molar refractivity (Wildman–Crippen MR) is 108 cm³/mol. The first-order chi connectivity index (χ1) is 13.5. The molecular formula is C24H32O5. The van der Waals surface area contributed by atoms with Crippen LogP contribution in [0.15, 0.2) is 23.5 Å². The topological polar surface area (TPSA) is 80.7 Å². The molecule has 0 amide bonds. The minimum atomic E-state index is -1.05. The summed E-state index contributed by atoms with van der Waals surface area (Å²) in [5, 5.41) is 10.9. The Morgan fingerprint density at radius 1 is 1.10 bits per heavy atom. The van der Waals surface area contributed by atoms with Gasteiger partial charge in [0.25, 0.3) is 0 Å². The normalized spacial score (nSPS) is 46.0. The summed E-state index contributed by atoms with van der Waals surface area (Å²) >= 11 is 0. The van der Waals surface area contributed by atoms with E-state index in [-0.39, 0.29) is 35.1 Å². The standard InChI is InChI=1S/C24H32O5/c1-13-10-17-18-7-9-24(14(2)25,29-15(3)26)22(18,4)8-6-19(17)23(5)20(13)11-16(27)12-21(23)28/h11-13,17-19,28H,6-10H2,1-5H3/t13-,17-,18-,19-,22-,23+,24-/m0/s1. The fourth-order valence-corrected chi connectivity index (χ4v) is 7.77. The molecule has 0 bridgehead atoms. The van der Waals surface area contributed by atoms with Crippen molar-refractivity contribution < 1.29 is 24.2 Å². The van der Waals surface area contributed by atoms with Gasteiger partial charge in [-0.2, -0.15) is 0 Å². The lowest BCUT2D eigenvalue weighted by Crippen LogP contribution is -2.59. The SMILES string of the molecule is CC(=O)O[C@]1(C(C)=O)CC[C@H]2[C@@H]3C[C@H](C)C4=CC(=O)C=C(O)[C@]4(C)[C@H]3CC[C@@]21C. The van der Waals surface area contributed by atoms with Gasteiger partial charge in [-0.05, 0) is 81.3 Å². The molecule has 4 rings (SSSR count). The molecule has 3 saturated carbocycles. The van der Waals surface area contributed by atoms with Gasteiger partial charge < -0.3 is 9.84 Å². The third-order valence-corrected chi connectivity index (χ3v) is 9.05. The van der Waals surface area contributed by atoms with Gasteiger partial charge in [0, 0.05) is 23.8 Å². The summed E-state index contributed by atoms with van der Waals surface area (Å²) in [7, 11) is 0. The van der Waals surface area contributed by atoms with Gasteiger partial charge in [-0.15, -0.1) is 0 Å². The smallest absolute Gasteiger partial charge is 0.303 e. The molecule has 0 aromatic rings. The van der Waals surface area contributed by atoms with Crippen LogP contribution in [0.3, 0.4) is 0 Å². The van der Waals surface area contributed by atoms with Crippen LogP contribution in [0.25, 0.3) is 0 Å². The zero-order chi connectivity index (χ0) is 21.4. The second-order valence-corrected chi connectivity index (χ2v) is 10.2. The molecule has 7 atom stereocenters. The Hall–Kier alpha value is -1.91. The molecule has 5 nitrogen and oxygen atoms in total. The van der Waals surface area contributed by atoms with E-state index in [9.17, 15) is 19.5 Å². The number of carbonyl (C=O) groups excluding carboxylic acids is 3. The van der Waals surface area contributed by atoms with E-state index in [2.05, 4.69) is 20.8 Å². The number of ether oxygens (including phenoxy) is 1. The lowest BCUT2D eigenvalue weighted by molar-refractivity contribution is -0.187. The molecule has 0 aliphatic heterocycles. The van der Waals surface area contributed by atoms with Crippen molar-refractivity contribution in [2.24, 2.45) is 34.5 Å². The van der Waals surface area contributed by atoms with Gasteiger partial charge in [0.1, 0.15) is 5.76 Å². The summed E-state index contributed by atoms with van der Waals surface area (Å²) in [6, 6.07) is 0. The third kappa shape index (κ3) is 2.48. The number of hydrogen-bond acceptors (Lipinski definition) is 5. The Bertz CT molecular complexity index is 853. The van der Waals surface area contributed by atoms with Crippen LogP contribution in [0.5, 0.6) is 0 Å². The van der Waals surface area contributed by atoms with Crippen molar-refractivity contribution in [3.63, 3.8) is 0 Å². The molecule has 5 heteroatoms. The molecule has 4 aliphatic carbocycles. The van der Waals surface area contributed by atoms with E-state index in [4.69, 9.17) is 4.74 Å². The molecule has 0 saturated heterocycles. The molecule has 3 fully saturated rings. The van der Waals surface area contributed by atoms with E-state index < -0.39 is 22.4 Å². The lowest BCUT2D eigenvalue weighted by atomic mass is 9.45. The summed E-state index contributed by atoms with van der Waals surface area (Å²) in [5.74, 6) is 0.551. The number of aliphatic hydroxyl groups is 1. The number of Topliss-reactive ketones (excluding diaryl/α,β-unsaturated/α-hetero) is 1. The molecular weight excluding hydrogens is 368 g/mol. The van der Waals surface area contributed by atoms with E-state index in [1.807, 2.05) is 0 Å². The van der Waals surface area contributed by atoms with Crippen molar-refractivity contribution in [1.82, 2.24) is 0 Å². The average molecular weight is 401 g/mol. The van der Waals surface area contributed by atoms with Crippen LogP contribution >= 0.6 is 0 Å². The maximum absolute atomic E-state index is 12.8. The number of fused-ring (bicyclic) bond motifs is 5. The molecule has 1 N–H and O–H groups in total. The van der Waals surface area contributed by atoms with Crippen LogP contribution in [0.1, 0.15) is 66.7 Å². The highest BCUT2D eigenvalue weighted by Crippen LogP contribution is 2.69. The van der Waals surface area contributed by atoms with Crippen molar-refractivity contribution in [3.8, 4) is 0 Å². The Labute approximate surface area is 172 Å². The van der Waals surface area contributed by atoms with Crippen molar-refractivity contribution in [2.45, 2.75) is 72.3 Å². The summed E-state index contributed by atoms with van der Waals surface area (Å²) in [6.07, 6.45) is 7.05. The van der Waals surface area contributed by atoms with Gasteiger partial charge in [0.05, 0.1) is 0 Å². The number of allylic oxidation sites excluding steroid dienone is 3. The minimum absolute atomic E-state index is 0.0576. The Morgan fingerprint density at radius 3 is 2.38 bits per heavy atom. The maximum atomic E-state index is 12.8. The van der Waals surface area contributed by atoms with Crippen LogP contribution in [-0.4, -0.2) is 28.2 Å². The summed E-state index contributed by atoms with van der Waals surface area (Å²) < 4.78 is 5.80. The molecule has 0 spiro atoms. The molecule has 0 unspecified atom stereocenters. The number of rotatable bonds is 2. The van der Waals surface area contributed by atoms with Gasteiger partial charge >= 0.3 is 5.97 Å². The van der Waals surface area contributed by atoms with Crippen LogP contribution in [0, 0.1) is 34.5 Å². The van der Waals surface area contributed by atoms with Gasteiger partial charge in [0.15, 0.2) is 17.2 Å². The predicted octanol–water partition coefficient (Wildman–Crippen LogP) is 4.32. The minimum Gasteiger partial charge on any atom is -0.511 e. The molecule has 0 aromatic heterocycles. The van der Waals surface area contributed by atoms with Crippen LogP contribution < -0.4 is 0 Å². The Morgan fingerprint density at radius 2 is 1.76 bits per heavy atom. The second-order valence-electron chi connectivity index (χ2n) is 10.2. The molecule has 29 heavy (non-hydrogen) atoms. The molecule has 4 aliphatic rings. The number of carbonyl (C=O) groups is 3. The van der Waals surface area contributed by atoms with Gasteiger partial charge in [0.2, 0.25) is 0 Å². The highest BCUT2D eigenvalue weighted by atomic mass is 16.6. The Kier molecular flexibility index (Phi) is 4.42. The summed E-state index contributed by atoms with van der Waals surface area (Å²) in [4.78, 5) is 36.8. The maximum Gasteiger partial charge on any atom is 0.303 e. The van der Waals surface area contributed by atoms with E-state index in [0.717, 1.165) is 31.3 Å². The highest BCUT2D eigenvalue weighted by molar-refractivity contribution is 6.01. The monoisotopic (exact) mass is 400 g/mol. The van der Waals surface area contributed by atoms with E-state index >= 15 is 0 Å². The number of ketones is 2. The van der Waals surface area contributed by atoms with Crippen molar-refractivity contribution in [1.29, 1.82) is 0 Å². The number of esters is 1. The number of hydrogen-bond donors (Lipinski definition) is 1. The van der Waals surface area contributed by atoms with Crippen LogP contribution in [0.4, 0.5) is 0 Å². The fourth-order valence-electron chi connectivity index (χ4n) is 7.77. The van der Waals surface area contributed by atoms with E-state index in [1.54, 1.807) is 13.0 Å². The van der Waals surface area contributed by atoms with E-state index in [1.165, 1.54) is 13.0 Å².